The molecular weight excluding hydrogens is 364 g/mol. The zero-order chi connectivity index (χ0) is 20.2. The molecule has 4 rings (SSSR count). The smallest absolute Gasteiger partial charge is 0.237 e. The van der Waals surface area contributed by atoms with Crippen LogP contribution < -0.4 is 9.47 Å². The van der Waals surface area contributed by atoms with Crippen molar-refractivity contribution in [1.82, 2.24) is 9.80 Å². The SMILES string of the molecule is C[C@H](c1ccccc1)N(C)C(=O)CN1CCC[C@@H]1c1ccc2c(c1)OCCCO2. The monoisotopic (exact) mass is 394 g/mol. The lowest BCUT2D eigenvalue weighted by molar-refractivity contribution is -0.133. The first kappa shape index (κ1) is 19.8. The number of hydrogen-bond donors (Lipinski definition) is 0. The summed E-state index contributed by atoms with van der Waals surface area (Å²) >= 11 is 0. The number of ether oxygens (including phenoxy) is 2. The van der Waals surface area contributed by atoms with Gasteiger partial charge in [-0.15, -0.1) is 0 Å². The quantitative estimate of drug-likeness (QED) is 0.762. The highest BCUT2D eigenvalue weighted by Crippen LogP contribution is 2.38. The molecule has 5 nitrogen and oxygen atoms in total. The van der Waals surface area contributed by atoms with Crippen molar-refractivity contribution in [3.63, 3.8) is 0 Å². The molecule has 0 saturated carbocycles. The Hall–Kier alpha value is -2.53. The van der Waals surface area contributed by atoms with Crippen LogP contribution in [-0.2, 0) is 4.79 Å². The van der Waals surface area contributed by atoms with Crippen LogP contribution in [0, 0.1) is 0 Å². The number of hydrogen-bond acceptors (Lipinski definition) is 4. The van der Waals surface area contributed by atoms with Gasteiger partial charge >= 0.3 is 0 Å². The molecule has 0 spiro atoms. The van der Waals surface area contributed by atoms with Crippen molar-refractivity contribution in [2.24, 2.45) is 0 Å². The van der Waals surface area contributed by atoms with Gasteiger partial charge in [0.25, 0.3) is 0 Å². The summed E-state index contributed by atoms with van der Waals surface area (Å²) in [6.07, 6.45) is 3.06. The number of carbonyl (C=O) groups is 1. The summed E-state index contributed by atoms with van der Waals surface area (Å²) in [4.78, 5) is 17.2. The predicted molar refractivity (Wildman–Crippen MR) is 113 cm³/mol. The Bertz CT molecular complexity index is 839. The Kier molecular flexibility index (Phi) is 6.05. The fraction of sp³-hybridized carbons (Fsp3) is 0.458. The molecule has 2 aliphatic rings. The number of carbonyl (C=O) groups excluding carboxylic acids is 1. The van der Waals surface area contributed by atoms with Crippen LogP contribution in [0.15, 0.2) is 48.5 Å². The molecule has 0 radical (unpaired) electrons. The highest BCUT2D eigenvalue weighted by Gasteiger charge is 2.30. The van der Waals surface area contributed by atoms with Gasteiger partial charge in [0.05, 0.1) is 25.8 Å². The minimum absolute atomic E-state index is 0.0581. The van der Waals surface area contributed by atoms with Gasteiger partial charge in [-0.25, -0.2) is 0 Å². The van der Waals surface area contributed by atoms with Crippen LogP contribution in [-0.4, -0.2) is 49.1 Å². The maximum Gasteiger partial charge on any atom is 0.237 e. The molecule has 1 amide bonds. The van der Waals surface area contributed by atoms with Crippen LogP contribution in [0.5, 0.6) is 11.5 Å². The third kappa shape index (κ3) is 4.40. The van der Waals surface area contributed by atoms with Crippen molar-refractivity contribution in [3.8, 4) is 11.5 Å². The van der Waals surface area contributed by atoms with Crippen molar-refractivity contribution < 1.29 is 14.3 Å². The van der Waals surface area contributed by atoms with Gasteiger partial charge in [-0.2, -0.15) is 0 Å². The predicted octanol–water partition coefficient (Wildman–Crippen LogP) is 4.20. The van der Waals surface area contributed by atoms with Crippen molar-refractivity contribution in [1.29, 1.82) is 0 Å². The second kappa shape index (κ2) is 8.87. The highest BCUT2D eigenvalue weighted by atomic mass is 16.5. The summed E-state index contributed by atoms with van der Waals surface area (Å²) in [5.41, 5.74) is 2.36. The van der Waals surface area contributed by atoms with E-state index in [1.54, 1.807) is 0 Å². The second-order valence-electron chi connectivity index (χ2n) is 7.98. The first-order chi connectivity index (χ1) is 14.1. The minimum Gasteiger partial charge on any atom is -0.490 e. The lowest BCUT2D eigenvalue weighted by Crippen LogP contribution is -2.39. The summed E-state index contributed by atoms with van der Waals surface area (Å²) in [6, 6.07) is 16.7. The average molecular weight is 395 g/mol. The number of fused-ring (bicyclic) bond motifs is 1. The van der Waals surface area contributed by atoms with Gasteiger partial charge < -0.3 is 14.4 Å². The van der Waals surface area contributed by atoms with E-state index in [0.29, 0.717) is 19.8 Å². The minimum atomic E-state index is 0.0581. The molecule has 2 atom stereocenters. The molecule has 1 saturated heterocycles. The van der Waals surface area contributed by atoms with Gasteiger partial charge in [0, 0.05) is 19.5 Å². The van der Waals surface area contributed by atoms with E-state index in [9.17, 15) is 4.79 Å². The molecule has 1 fully saturated rings. The topological polar surface area (TPSA) is 42.0 Å². The number of rotatable bonds is 5. The van der Waals surface area contributed by atoms with E-state index in [-0.39, 0.29) is 18.0 Å². The summed E-state index contributed by atoms with van der Waals surface area (Å²) in [5.74, 6) is 1.80. The van der Waals surface area contributed by atoms with E-state index < -0.39 is 0 Å². The molecule has 2 aromatic rings. The van der Waals surface area contributed by atoms with E-state index in [4.69, 9.17) is 9.47 Å². The lowest BCUT2D eigenvalue weighted by Gasteiger charge is -2.30. The van der Waals surface area contributed by atoms with E-state index in [2.05, 4.69) is 36.1 Å². The molecule has 29 heavy (non-hydrogen) atoms. The van der Waals surface area contributed by atoms with E-state index in [1.165, 1.54) is 5.56 Å². The standard InChI is InChI=1S/C24H30N2O3/c1-18(19-8-4-3-5-9-19)25(2)24(27)17-26-13-6-10-21(26)20-11-12-22-23(16-20)29-15-7-14-28-22/h3-5,8-9,11-12,16,18,21H,6-7,10,13-15,17H2,1-2H3/t18-,21-/m1/s1. The number of likely N-dealkylation sites (N-methyl/N-ethyl adjacent to an activating group) is 1. The average Bonchev–Trinajstić information content (AvgIpc) is 3.08. The Balaban J connectivity index is 1.45. The third-order valence-corrected chi connectivity index (χ3v) is 6.11. The fourth-order valence-corrected chi connectivity index (χ4v) is 4.24. The van der Waals surface area contributed by atoms with Crippen molar-refractivity contribution in [3.05, 3.63) is 59.7 Å². The molecule has 2 aliphatic heterocycles. The Morgan fingerprint density at radius 1 is 1.10 bits per heavy atom. The molecule has 2 aromatic carbocycles. The molecule has 154 valence electrons. The Labute approximate surface area is 173 Å². The molecule has 0 bridgehead atoms. The molecule has 0 unspecified atom stereocenters. The normalized spacial score (nSPS) is 20.1. The first-order valence-corrected chi connectivity index (χ1v) is 10.6. The van der Waals surface area contributed by atoms with E-state index in [0.717, 1.165) is 42.9 Å². The zero-order valence-electron chi connectivity index (χ0n) is 17.3. The van der Waals surface area contributed by atoms with Crippen molar-refractivity contribution in [2.45, 2.75) is 38.3 Å². The van der Waals surface area contributed by atoms with E-state index >= 15 is 0 Å². The third-order valence-electron chi connectivity index (χ3n) is 6.11. The molecule has 0 aliphatic carbocycles. The summed E-state index contributed by atoms with van der Waals surface area (Å²) in [6.45, 7) is 4.84. The summed E-state index contributed by atoms with van der Waals surface area (Å²) in [5, 5.41) is 0. The van der Waals surface area contributed by atoms with Gasteiger partial charge in [0.15, 0.2) is 11.5 Å². The van der Waals surface area contributed by atoms with Crippen LogP contribution in [0.4, 0.5) is 0 Å². The van der Waals surface area contributed by atoms with Crippen molar-refractivity contribution >= 4 is 5.91 Å². The maximum absolute atomic E-state index is 13.0. The second-order valence-corrected chi connectivity index (χ2v) is 7.98. The molecule has 0 aromatic heterocycles. The zero-order valence-corrected chi connectivity index (χ0v) is 17.3. The summed E-state index contributed by atoms with van der Waals surface area (Å²) < 4.78 is 11.6. The van der Waals surface area contributed by atoms with Crippen LogP contribution in [0.3, 0.4) is 0 Å². The fourth-order valence-electron chi connectivity index (χ4n) is 4.24. The van der Waals surface area contributed by atoms with E-state index in [1.807, 2.05) is 36.2 Å². The molecule has 5 heteroatoms. The number of nitrogens with zero attached hydrogens (tertiary/aromatic N) is 2. The summed E-state index contributed by atoms with van der Waals surface area (Å²) in [7, 11) is 1.90. The maximum atomic E-state index is 13.0. The van der Waals surface area contributed by atoms with Gasteiger partial charge in [-0.1, -0.05) is 36.4 Å². The lowest BCUT2D eigenvalue weighted by atomic mass is 10.0. The van der Waals surface area contributed by atoms with Gasteiger partial charge in [-0.05, 0) is 49.6 Å². The number of likely N-dealkylation sites (tertiary alicyclic amines) is 1. The molecule has 2 heterocycles. The molecular formula is C24H30N2O3. The van der Waals surface area contributed by atoms with Crippen LogP contribution in [0.25, 0.3) is 0 Å². The Morgan fingerprint density at radius 3 is 2.66 bits per heavy atom. The first-order valence-electron chi connectivity index (χ1n) is 10.6. The largest absolute Gasteiger partial charge is 0.490 e. The Morgan fingerprint density at radius 2 is 1.86 bits per heavy atom. The number of amides is 1. The van der Waals surface area contributed by atoms with Gasteiger partial charge in [0.2, 0.25) is 5.91 Å². The van der Waals surface area contributed by atoms with Gasteiger partial charge in [-0.3, -0.25) is 9.69 Å². The number of benzene rings is 2. The molecule has 0 N–H and O–H groups in total. The highest BCUT2D eigenvalue weighted by molar-refractivity contribution is 5.78. The van der Waals surface area contributed by atoms with Gasteiger partial charge in [0.1, 0.15) is 0 Å². The van der Waals surface area contributed by atoms with Crippen LogP contribution in [0.1, 0.15) is 49.4 Å². The van der Waals surface area contributed by atoms with Crippen LogP contribution >= 0.6 is 0 Å². The van der Waals surface area contributed by atoms with Crippen LogP contribution in [0.2, 0.25) is 0 Å². The van der Waals surface area contributed by atoms with Crippen molar-refractivity contribution in [2.75, 3.05) is 33.4 Å².